The summed E-state index contributed by atoms with van der Waals surface area (Å²) >= 11 is 0. The number of ketones is 1. The molecule has 0 heterocycles. The topological polar surface area (TPSA) is 17.1 Å². The van der Waals surface area contributed by atoms with Gasteiger partial charge in [-0.05, 0) is 62.4 Å². The van der Waals surface area contributed by atoms with Gasteiger partial charge in [0, 0.05) is 5.92 Å². The fraction of sp³-hybridized carbons (Fsp3) is 0.812. The Balaban J connectivity index is 2.00. The predicted molar refractivity (Wildman–Crippen MR) is 71.8 cm³/mol. The number of rotatable bonds is 2. The van der Waals surface area contributed by atoms with E-state index in [0.29, 0.717) is 11.7 Å². The standard InChI is InChI=1S/C16H26O/c1-12-9-13(2)11-15(10-12)16(17)14-7-5-3-4-6-8-14/h7,12-13,15H,3-6,8-11H2,1-2H3. The summed E-state index contributed by atoms with van der Waals surface area (Å²) in [7, 11) is 0. The lowest BCUT2D eigenvalue weighted by Crippen LogP contribution is -2.27. The number of allylic oxidation sites excluding steroid dienone is 2. The summed E-state index contributed by atoms with van der Waals surface area (Å²) in [6.45, 7) is 4.61. The van der Waals surface area contributed by atoms with Crippen molar-refractivity contribution in [2.24, 2.45) is 17.8 Å². The van der Waals surface area contributed by atoms with Gasteiger partial charge in [-0.1, -0.05) is 26.3 Å². The minimum absolute atomic E-state index is 0.332. The molecule has 0 aliphatic heterocycles. The summed E-state index contributed by atoms with van der Waals surface area (Å²) in [5.74, 6) is 2.29. The molecule has 2 aliphatic carbocycles. The Morgan fingerprint density at radius 1 is 1.06 bits per heavy atom. The highest BCUT2D eigenvalue weighted by atomic mass is 16.1. The molecule has 0 spiro atoms. The van der Waals surface area contributed by atoms with Crippen LogP contribution in [0.4, 0.5) is 0 Å². The first-order chi connectivity index (χ1) is 8.16. The highest BCUT2D eigenvalue weighted by molar-refractivity contribution is 5.97. The van der Waals surface area contributed by atoms with Crippen molar-refractivity contribution in [1.29, 1.82) is 0 Å². The molecule has 2 rings (SSSR count). The summed E-state index contributed by atoms with van der Waals surface area (Å²) < 4.78 is 0. The van der Waals surface area contributed by atoms with Crippen molar-refractivity contribution in [2.75, 3.05) is 0 Å². The molecule has 0 aromatic heterocycles. The molecule has 0 saturated heterocycles. The lowest BCUT2D eigenvalue weighted by Gasteiger charge is -2.31. The summed E-state index contributed by atoms with van der Waals surface area (Å²) in [6, 6.07) is 0. The van der Waals surface area contributed by atoms with Crippen LogP contribution in [0.25, 0.3) is 0 Å². The smallest absolute Gasteiger partial charge is 0.161 e. The first-order valence-corrected chi connectivity index (χ1v) is 7.40. The molecule has 0 amide bonds. The molecule has 1 fully saturated rings. The molecular formula is C16H26O. The predicted octanol–water partition coefficient (Wildman–Crippen LogP) is 4.52. The summed E-state index contributed by atoms with van der Waals surface area (Å²) in [5, 5.41) is 0. The Labute approximate surface area is 106 Å². The molecule has 17 heavy (non-hydrogen) atoms. The summed E-state index contributed by atoms with van der Waals surface area (Å²) in [5.41, 5.74) is 1.16. The summed E-state index contributed by atoms with van der Waals surface area (Å²) in [6.07, 6.45) is 11.7. The van der Waals surface area contributed by atoms with E-state index < -0.39 is 0 Å². The summed E-state index contributed by atoms with van der Waals surface area (Å²) in [4.78, 5) is 12.5. The van der Waals surface area contributed by atoms with Crippen LogP contribution in [0, 0.1) is 17.8 Å². The zero-order valence-corrected chi connectivity index (χ0v) is 11.4. The van der Waals surface area contributed by atoms with Gasteiger partial charge in [0.25, 0.3) is 0 Å². The highest BCUT2D eigenvalue weighted by Gasteiger charge is 2.30. The molecule has 1 nitrogen and oxygen atoms in total. The van der Waals surface area contributed by atoms with Crippen LogP contribution in [0.2, 0.25) is 0 Å². The fourth-order valence-corrected chi connectivity index (χ4v) is 3.66. The van der Waals surface area contributed by atoms with Crippen molar-refractivity contribution < 1.29 is 4.79 Å². The van der Waals surface area contributed by atoms with E-state index in [9.17, 15) is 4.79 Å². The molecular weight excluding hydrogens is 208 g/mol. The average molecular weight is 234 g/mol. The van der Waals surface area contributed by atoms with E-state index in [0.717, 1.165) is 43.1 Å². The maximum absolute atomic E-state index is 12.5. The number of hydrogen-bond acceptors (Lipinski definition) is 1. The number of hydrogen-bond donors (Lipinski definition) is 0. The monoisotopic (exact) mass is 234 g/mol. The first kappa shape index (κ1) is 12.9. The van der Waals surface area contributed by atoms with Crippen LogP contribution in [-0.4, -0.2) is 5.78 Å². The van der Waals surface area contributed by atoms with Gasteiger partial charge in [0.2, 0.25) is 0 Å². The largest absolute Gasteiger partial charge is 0.294 e. The minimum atomic E-state index is 0.332. The highest BCUT2D eigenvalue weighted by Crippen LogP contribution is 2.35. The van der Waals surface area contributed by atoms with Gasteiger partial charge in [-0.2, -0.15) is 0 Å². The Kier molecular flexibility index (Phi) is 4.42. The van der Waals surface area contributed by atoms with Gasteiger partial charge in [-0.25, -0.2) is 0 Å². The van der Waals surface area contributed by atoms with Crippen LogP contribution in [0.15, 0.2) is 11.6 Å². The van der Waals surface area contributed by atoms with Gasteiger partial charge in [-0.15, -0.1) is 0 Å². The SMILES string of the molecule is CC1CC(C)CC(C(=O)C2=CCCCCC2)C1. The number of Topliss-reactive ketones (excluding diaryl/α,β-unsaturated/α-hetero) is 1. The van der Waals surface area contributed by atoms with Gasteiger partial charge in [0.1, 0.15) is 0 Å². The van der Waals surface area contributed by atoms with Crippen molar-refractivity contribution in [1.82, 2.24) is 0 Å². The van der Waals surface area contributed by atoms with Gasteiger partial charge in [0.15, 0.2) is 5.78 Å². The molecule has 0 aromatic rings. The van der Waals surface area contributed by atoms with Gasteiger partial charge in [0.05, 0.1) is 0 Å². The van der Waals surface area contributed by atoms with Crippen molar-refractivity contribution >= 4 is 5.78 Å². The second-order valence-corrected chi connectivity index (χ2v) is 6.31. The van der Waals surface area contributed by atoms with Crippen molar-refractivity contribution in [3.8, 4) is 0 Å². The Bertz CT molecular complexity index is 293. The van der Waals surface area contributed by atoms with Gasteiger partial charge in [-0.3, -0.25) is 4.79 Å². The Morgan fingerprint density at radius 3 is 2.47 bits per heavy atom. The van der Waals surface area contributed by atoms with E-state index >= 15 is 0 Å². The van der Waals surface area contributed by atoms with Crippen LogP contribution >= 0.6 is 0 Å². The maximum atomic E-state index is 12.5. The molecule has 1 saturated carbocycles. The van der Waals surface area contributed by atoms with E-state index in [1.54, 1.807) is 0 Å². The van der Waals surface area contributed by atoms with Crippen LogP contribution in [0.5, 0.6) is 0 Å². The van der Waals surface area contributed by atoms with Crippen molar-refractivity contribution in [3.05, 3.63) is 11.6 Å². The van der Waals surface area contributed by atoms with Crippen LogP contribution in [0.1, 0.15) is 65.2 Å². The second-order valence-electron chi connectivity index (χ2n) is 6.31. The third kappa shape index (κ3) is 3.43. The number of carbonyl (C=O) groups is 1. The minimum Gasteiger partial charge on any atom is -0.294 e. The van der Waals surface area contributed by atoms with Gasteiger partial charge < -0.3 is 0 Å². The Hall–Kier alpha value is -0.590. The van der Waals surface area contributed by atoms with Crippen LogP contribution < -0.4 is 0 Å². The molecule has 2 unspecified atom stereocenters. The molecule has 0 N–H and O–H groups in total. The zero-order chi connectivity index (χ0) is 12.3. The molecule has 0 aromatic carbocycles. The maximum Gasteiger partial charge on any atom is 0.161 e. The lowest BCUT2D eigenvalue weighted by atomic mass is 9.73. The van der Waals surface area contributed by atoms with E-state index in [1.807, 2.05) is 0 Å². The quantitative estimate of drug-likeness (QED) is 0.686. The van der Waals surface area contributed by atoms with E-state index in [2.05, 4.69) is 19.9 Å². The molecule has 0 radical (unpaired) electrons. The van der Waals surface area contributed by atoms with Crippen LogP contribution in [0.3, 0.4) is 0 Å². The zero-order valence-electron chi connectivity index (χ0n) is 11.4. The third-order valence-electron chi connectivity index (χ3n) is 4.41. The van der Waals surface area contributed by atoms with E-state index in [-0.39, 0.29) is 0 Å². The molecule has 1 heteroatoms. The average Bonchev–Trinajstić information content (AvgIpc) is 2.55. The van der Waals surface area contributed by atoms with E-state index in [4.69, 9.17) is 0 Å². The number of carbonyl (C=O) groups excluding carboxylic acids is 1. The third-order valence-corrected chi connectivity index (χ3v) is 4.41. The molecule has 2 atom stereocenters. The van der Waals surface area contributed by atoms with Crippen molar-refractivity contribution in [3.63, 3.8) is 0 Å². The van der Waals surface area contributed by atoms with Crippen molar-refractivity contribution in [2.45, 2.75) is 65.2 Å². The van der Waals surface area contributed by atoms with Crippen LogP contribution in [-0.2, 0) is 4.79 Å². The lowest BCUT2D eigenvalue weighted by molar-refractivity contribution is -0.121. The molecule has 2 aliphatic rings. The second kappa shape index (κ2) is 5.84. The van der Waals surface area contributed by atoms with Gasteiger partial charge >= 0.3 is 0 Å². The normalized spacial score (nSPS) is 34.9. The first-order valence-electron chi connectivity index (χ1n) is 7.40. The molecule has 0 bridgehead atoms. The van der Waals surface area contributed by atoms with E-state index in [1.165, 1.54) is 25.7 Å². The Morgan fingerprint density at radius 2 is 1.76 bits per heavy atom. The molecule has 96 valence electrons. The fourth-order valence-electron chi connectivity index (χ4n) is 3.66.